The van der Waals surface area contributed by atoms with E-state index in [1.54, 1.807) is 36.4 Å². The number of aryl methyl sites for hydroxylation is 2. The highest BCUT2D eigenvalue weighted by Crippen LogP contribution is 2.37. The van der Waals surface area contributed by atoms with Crippen molar-refractivity contribution >= 4 is 56.8 Å². The van der Waals surface area contributed by atoms with Crippen LogP contribution < -0.4 is 20.1 Å². The maximum atomic E-state index is 12.6. The van der Waals surface area contributed by atoms with E-state index in [9.17, 15) is 14.9 Å². The SMILES string of the molecule is COc1cc(/C=C(/C#N)C(=O)Nc2cccc(Cl)c2)cc(Br)c1OCC(=O)Nc1ccc(C)cc1C. The Bertz CT molecular complexity index is 1380. The Labute approximate surface area is 222 Å². The van der Waals surface area contributed by atoms with E-state index in [1.807, 2.05) is 38.1 Å². The van der Waals surface area contributed by atoms with Gasteiger partial charge in [0.25, 0.3) is 11.8 Å². The molecule has 2 amide bonds. The lowest BCUT2D eigenvalue weighted by atomic mass is 10.1. The summed E-state index contributed by atoms with van der Waals surface area (Å²) in [6.07, 6.45) is 1.42. The zero-order valence-corrected chi connectivity index (χ0v) is 22.2. The average Bonchev–Trinajstić information content (AvgIpc) is 2.83. The molecule has 36 heavy (non-hydrogen) atoms. The zero-order chi connectivity index (χ0) is 26.2. The van der Waals surface area contributed by atoms with Crippen molar-refractivity contribution in [3.05, 3.63) is 86.4 Å². The van der Waals surface area contributed by atoms with Crippen LogP contribution in [0.1, 0.15) is 16.7 Å². The first-order chi connectivity index (χ1) is 17.2. The Morgan fingerprint density at radius 1 is 1.11 bits per heavy atom. The monoisotopic (exact) mass is 567 g/mol. The lowest BCUT2D eigenvalue weighted by Gasteiger charge is -2.14. The number of carbonyl (C=O) groups excluding carboxylic acids is 2. The van der Waals surface area contributed by atoms with Gasteiger partial charge in [-0.15, -0.1) is 0 Å². The van der Waals surface area contributed by atoms with Gasteiger partial charge in [0.2, 0.25) is 0 Å². The van der Waals surface area contributed by atoms with Gasteiger partial charge >= 0.3 is 0 Å². The predicted octanol–water partition coefficient (Wildman–Crippen LogP) is 6.29. The molecule has 0 aliphatic heterocycles. The molecule has 0 atom stereocenters. The zero-order valence-electron chi connectivity index (χ0n) is 19.8. The van der Waals surface area contributed by atoms with E-state index < -0.39 is 5.91 Å². The summed E-state index contributed by atoms with van der Waals surface area (Å²) in [6.45, 7) is 3.65. The van der Waals surface area contributed by atoms with Gasteiger partial charge in [-0.1, -0.05) is 35.4 Å². The Hall–Kier alpha value is -3.80. The van der Waals surface area contributed by atoms with Crippen molar-refractivity contribution in [1.29, 1.82) is 5.26 Å². The second kappa shape index (κ2) is 12.2. The van der Waals surface area contributed by atoms with Gasteiger partial charge < -0.3 is 20.1 Å². The summed E-state index contributed by atoms with van der Waals surface area (Å²) in [7, 11) is 1.45. The number of ether oxygens (including phenoxy) is 2. The fourth-order valence-corrected chi connectivity index (χ4v) is 4.09. The number of hydrogen-bond acceptors (Lipinski definition) is 5. The van der Waals surface area contributed by atoms with E-state index in [0.717, 1.165) is 11.1 Å². The molecule has 9 heteroatoms. The number of benzene rings is 3. The number of halogens is 2. The van der Waals surface area contributed by atoms with E-state index in [1.165, 1.54) is 13.2 Å². The van der Waals surface area contributed by atoms with Gasteiger partial charge in [0.1, 0.15) is 11.6 Å². The molecule has 0 spiro atoms. The third-order valence-corrected chi connectivity index (χ3v) is 5.84. The van der Waals surface area contributed by atoms with Crippen LogP contribution in [0.15, 0.2) is 64.6 Å². The molecular weight excluding hydrogens is 546 g/mol. The van der Waals surface area contributed by atoms with Crippen LogP contribution in [0.3, 0.4) is 0 Å². The molecule has 0 fully saturated rings. The van der Waals surface area contributed by atoms with Crippen LogP contribution in [0.2, 0.25) is 5.02 Å². The summed E-state index contributed by atoms with van der Waals surface area (Å²) in [5.74, 6) is -0.280. The number of rotatable bonds is 8. The molecule has 184 valence electrons. The highest BCUT2D eigenvalue weighted by molar-refractivity contribution is 9.10. The number of methoxy groups -OCH3 is 1. The quantitative estimate of drug-likeness (QED) is 0.246. The number of carbonyl (C=O) groups is 2. The van der Waals surface area contributed by atoms with E-state index in [2.05, 4.69) is 26.6 Å². The predicted molar refractivity (Wildman–Crippen MR) is 144 cm³/mol. The van der Waals surface area contributed by atoms with Crippen molar-refractivity contribution in [3.8, 4) is 17.6 Å². The maximum absolute atomic E-state index is 12.6. The van der Waals surface area contributed by atoms with Crippen LogP contribution >= 0.6 is 27.5 Å². The molecule has 0 heterocycles. The number of nitrogens with zero attached hydrogens (tertiary/aromatic N) is 1. The Balaban J connectivity index is 1.74. The van der Waals surface area contributed by atoms with Gasteiger partial charge in [-0.25, -0.2) is 0 Å². The fourth-order valence-electron chi connectivity index (χ4n) is 3.32. The highest BCUT2D eigenvalue weighted by atomic mass is 79.9. The van der Waals surface area contributed by atoms with Crippen molar-refractivity contribution in [2.24, 2.45) is 0 Å². The van der Waals surface area contributed by atoms with Crippen molar-refractivity contribution in [2.75, 3.05) is 24.4 Å². The molecule has 0 saturated carbocycles. The Morgan fingerprint density at radius 2 is 1.89 bits per heavy atom. The summed E-state index contributed by atoms with van der Waals surface area (Å²) in [5.41, 5.74) is 3.63. The lowest BCUT2D eigenvalue weighted by Crippen LogP contribution is -2.21. The maximum Gasteiger partial charge on any atom is 0.266 e. The van der Waals surface area contributed by atoms with Gasteiger partial charge in [0, 0.05) is 16.4 Å². The molecule has 0 unspecified atom stereocenters. The van der Waals surface area contributed by atoms with Crippen molar-refractivity contribution in [3.63, 3.8) is 0 Å². The molecular formula is C27H23BrClN3O4. The standard InChI is InChI=1S/C27H23BrClN3O4/c1-16-7-8-23(17(2)9-16)32-25(33)15-36-26-22(28)11-18(12-24(26)35-3)10-19(14-30)27(34)31-21-6-4-5-20(29)13-21/h4-13H,15H2,1-3H3,(H,31,34)(H,32,33)/b19-10-. The summed E-state index contributed by atoms with van der Waals surface area (Å²) >= 11 is 9.37. The molecule has 0 bridgehead atoms. The third kappa shape index (κ3) is 7.11. The number of nitriles is 1. The van der Waals surface area contributed by atoms with Crippen molar-refractivity contribution in [1.82, 2.24) is 0 Å². The smallest absolute Gasteiger partial charge is 0.266 e. The Morgan fingerprint density at radius 3 is 2.56 bits per heavy atom. The van der Waals surface area contributed by atoms with Crippen LogP contribution in [-0.4, -0.2) is 25.5 Å². The molecule has 0 aliphatic carbocycles. The molecule has 3 aromatic carbocycles. The number of hydrogen-bond donors (Lipinski definition) is 2. The lowest BCUT2D eigenvalue weighted by molar-refractivity contribution is -0.118. The second-order valence-corrected chi connectivity index (χ2v) is 9.11. The molecule has 3 aromatic rings. The molecule has 0 aromatic heterocycles. The molecule has 3 rings (SSSR count). The topological polar surface area (TPSA) is 100 Å². The minimum atomic E-state index is -0.585. The first-order valence-corrected chi connectivity index (χ1v) is 11.9. The van der Waals surface area contributed by atoms with Gasteiger partial charge in [-0.2, -0.15) is 5.26 Å². The minimum Gasteiger partial charge on any atom is -0.493 e. The fraction of sp³-hybridized carbons (Fsp3) is 0.148. The van der Waals surface area contributed by atoms with Crippen molar-refractivity contribution in [2.45, 2.75) is 13.8 Å². The van der Waals surface area contributed by atoms with Crippen LogP contribution in [0.5, 0.6) is 11.5 Å². The highest BCUT2D eigenvalue weighted by Gasteiger charge is 2.16. The van der Waals surface area contributed by atoms with E-state index in [4.69, 9.17) is 21.1 Å². The first-order valence-electron chi connectivity index (χ1n) is 10.8. The average molecular weight is 569 g/mol. The Kier molecular flexibility index (Phi) is 9.12. The van der Waals surface area contributed by atoms with Crippen LogP contribution in [0, 0.1) is 25.2 Å². The van der Waals surface area contributed by atoms with Gasteiger partial charge in [-0.05, 0) is 83.4 Å². The first kappa shape index (κ1) is 26.8. The molecule has 0 radical (unpaired) electrons. The van der Waals surface area contributed by atoms with Gasteiger partial charge in [-0.3, -0.25) is 9.59 Å². The summed E-state index contributed by atoms with van der Waals surface area (Å²) in [6, 6.07) is 17.5. The largest absolute Gasteiger partial charge is 0.493 e. The normalized spacial score (nSPS) is 10.8. The number of nitrogens with one attached hydrogen (secondary N) is 2. The molecule has 2 N–H and O–H groups in total. The van der Waals surface area contributed by atoms with Crippen molar-refractivity contribution < 1.29 is 19.1 Å². The second-order valence-electron chi connectivity index (χ2n) is 7.82. The van der Waals surface area contributed by atoms with Crippen LogP contribution in [-0.2, 0) is 9.59 Å². The molecule has 0 aliphatic rings. The summed E-state index contributed by atoms with van der Waals surface area (Å²) in [5, 5.41) is 15.5. The molecule has 7 nitrogen and oxygen atoms in total. The van der Waals surface area contributed by atoms with Gasteiger partial charge in [0.15, 0.2) is 18.1 Å². The summed E-state index contributed by atoms with van der Waals surface area (Å²) < 4.78 is 11.6. The third-order valence-electron chi connectivity index (χ3n) is 5.01. The van der Waals surface area contributed by atoms with E-state index >= 15 is 0 Å². The van der Waals surface area contributed by atoms with Crippen LogP contribution in [0.4, 0.5) is 11.4 Å². The number of anilines is 2. The van der Waals surface area contributed by atoms with E-state index in [-0.39, 0.29) is 18.1 Å². The summed E-state index contributed by atoms with van der Waals surface area (Å²) in [4.78, 5) is 25.0. The van der Waals surface area contributed by atoms with E-state index in [0.29, 0.717) is 37.9 Å². The van der Waals surface area contributed by atoms with Gasteiger partial charge in [0.05, 0.1) is 11.6 Å². The minimum absolute atomic E-state index is 0.120. The molecule has 0 saturated heterocycles. The number of amides is 2. The van der Waals surface area contributed by atoms with Crippen LogP contribution in [0.25, 0.3) is 6.08 Å².